The van der Waals surface area contributed by atoms with Crippen molar-refractivity contribution in [1.29, 1.82) is 0 Å². The second-order valence-corrected chi connectivity index (χ2v) is 5.57. The van der Waals surface area contributed by atoms with Gasteiger partial charge in [-0.15, -0.1) is 0 Å². The second kappa shape index (κ2) is 7.18. The summed E-state index contributed by atoms with van der Waals surface area (Å²) >= 11 is 0. The van der Waals surface area contributed by atoms with Crippen LogP contribution in [0.1, 0.15) is 26.5 Å². The van der Waals surface area contributed by atoms with Crippen LogP contribution in [0.2, 0.25) is 0 Å². The Hall–Kier alpha value is -3.48. The van der Waals surface area contributed by atoms with E-state index in [1.54, 1.807) is 48.3 Å². The fourth-order valence-corrected chi connectivity index (χ4v) is 2.43. The van der Waals surface area contributed by atoms with Crippen molar-refractivity contribution in [3.8, 4) is 5.75 Å². The standard InChI is InChI=1S/C19H16FN3O3/c1-23-10-9-21-18(23)17(24)12-3-6-14(7-4-12)22-19(25)13-5-8-16(26-2)15(20)11-13/h3-11H,1-2H3,(H,22,25). The third kappa shape index (κ3) is 3.46. The molecule has 0 saturated carbocycles. The van der Waals surface area contributed by atoms with Crippen molar-refractivity contribution in [3.05, 3.63) is 77.6 Å². The van der Waals surface area contributed by atoms with E-state index in [2.05, 4.69) is 10.3 Å². The minimum absolute atomic E-state index is 0.0682. The highest BCUT2D eigenvalue weighted by Crippen LogP contribution is 2.19. The number of aryl methyl sites for hydroxylation is 1. The zero-order valence-corrected chi connectivity index (χ0v) is 14.2. The number of methoxy groups -OCH3 is 1. The van der Waals surface area contributed by atoms with Crippen LogP contribution >= 0.6 is 0 Å². The number of ketones is 1. The minimum Gasteiger partial charge on any atom is -0.494 e. The number of hydrogen-bond donors (Lipinski definition) is 1. The fraction of sp³-hybridized carbons (Fsp3) is 0.105. The van der Waals surface area contributed by atoms with Crippen LogP contribution in [-0.4, -0.2) is 28.4 Å². The van der Waals surface area contributed by atoms with Gasteiger partial charge in [-0.2, -0.15) is 0 Å². The van der Waals surface area contributed by atoms with E-state index in [0.29, 0.717) is 17.1 Å². The Bertz CT molecular complexity index is 964. The van der Waals surface area contributed by atoms with Crippen LogP contribution in [0.3, 0.4) is 0 Å². The fourth-order valence-electron chi connectivity index (χ4n) is 2.43. The highest BCUT2D eigenvalue weighted by Gasteiger charge is 2.14. The molecule has 1 amide bonds. The maximum Gasteiger partial charge on any atom is 0.255 e. The van der Waals surface area contributed by atoms with Crippen LogP contribution in [0.4, 0.5) is 10.1 Å². The number of amides is 1. The highest BCUT2D eigenvalue weighted by atomic mass is 19.1. The number of carbonyl (C=O) groups is 2. The van der Waals surface area contributed by atoms with E-state index in [-0.39, 0.29) is 17.1 Å². The molecule has 7 heteroatoms. The lowest BCUT2D eigenvalue weighted by Crippen LogP contribution is -2.13. The molecule has 132 valence electrons. The first kappa shape index (κ1) is 17.3. The maximum absolute atomic E-state index is 13.7. The quantitative estimate of drug-likeness (QED) is 0.716. The number of imidazole rings is 1. The van der Waals surface area contributed by atoms with Gasteiger partial charge in [0.05, 0.1) is 7.11 Å². The van der Waals surface area contributed by atoms with Crippen molar-refractivity contribution in [2.45, 2.75) is 0 Å². The third-order valence-corrected chi connectivity index (χ3v) is 3.84. The summed E-state index contributed by atoms with van der Waals surface area (Å²) in [6.07, 6.45) is 3.24. The predicted octanol–water partition coefficient (Wildman–Crippen LogP) is 3.05. The van der Waals surface area contributed by atoms with Crippen LogP contribution in [-0.2, 0) is 7.05 Å². The number of halogens is 1. The van der Waals surface area contributed by atoms with Crippen LogP contribution in [0, 0.1) is 5.82 Å². The lowest BCUT2D eigenvalue weighted by molar-refractivity contribution is 0.101. The zero-order valence-electron chi connectivity index (χ0n) is 14.2. The van der Waals surface area contributed by atoms with Gasteiger partial charge < -0.3 is 14.6 Å². The predicted molar refractivity (Wildman–Crippen MR) is 94.0 cm³/mol. The Balaban J connectivity index is 1.73. The molecule has 1 heterocycles. The van der Waals surface area contributed by atoms with Gasteiger partial charge in [0.1, 0.15) is 0 Å². The van der Waals surface area contributed by atoms with Gasteiger partial charge in [-0.1, -0.05) is 0 Å². The number of hydrogen-bond acceptors (Lipinski definition) is 4. The summed E-state index contributed by atoms with van der Waals surface area (Å²) in [7, 11) is 3.09. The lowest BCUT2D eigenvalue weighted by Gasteiger charge is -2.08. The summed E-state index contributed by atoms with van der Waals surface area (Å²) in [6, 6.07) is 10.4. The van der Waals surface area contributed by atoms with Gasteiger partial charge >= 0.3 is 0 Å². The summed E-state index contributed by atoms with van der Waals surface area (Å²) in [5.74, 6) is -0.896. The van der Waals surface area contributed by atoms with Crippen molar-refractivity contribution >= 4 is 17.4 Å². The van der Waals surface area contributed by atoms with Gasteiger partial charge in [0.25, 0.3) is 5.91 Å². The summed E-state index contributed by atoms with van der Waals surface area (Å²) < 4.78 is 20.2. The number of ether oxygens (including phenoxy) is 1. The topological polar surface area (TPSA) is 73.2 Å². The molecule has 26 heavy (non-hydrogen) atoms. The van der Waals surface area contributed by atoms with Crippen LogP contribution in [0.25, 0.3) is 0 Å². The number of benzene rings is 2. The molecule has 0 aliphatic rings. The van der Waals surface area contributed by atoms with Crippen LogP contribution < -0.4 is 10.1 Å². The third-order valence-electron chi connectivity index (χ3n) is 3.84. The lowest BCUT2D eigenvalue weighted by atomic mass is 10.1. The van der Waals surface area contributed by atoms with Gasteiger partial charge in [0.2, 0.25) is 5.78 Å². The minimum atomic E-state index is -0.615. The first-order valence-corrected chi connectivity index (χ1v) is 7.76. The molecular formula is C19H16FN3O3. The van der Waals surface area contributed by atoms with Gasteiger partial charge in [0.15, 0.2) is 17.4 Å². The molecule has 0 saturated heterocycles. The molecular weight excluding hydrogens is 337 g/mol. The van der Waals surface area contributed by atoms with E-state index in [0.717, 1.165) is 6.07 Å². The molecule has 0 atom stereocenters. The van der Waals surface area contributed by atoms with Gasteiger partial charge in [-0.05, 0) is 42.5 Å². The zero-order chi connectivity index (χ0) is 18.7. The van der Waals surface area contributed by atoms with E-state index in [1.165, 1.54) is 19.2 Å². The normalized spacial score (nSPS) is 10.4. The first-order valence-electron chi connectivity index (χ1n) is 7.76. The Morgan fingerprint density at radius 1 is 1.12 bits per heavy atom. The summed E-state index contributed by atoms with van der Waals surface area (Å²) in [6.45, 7) is 0. The van der Waals surface area contributed by atoms with Gasteiger partial charge in [-0.3, -0.25) is 9.59 Å². The van der Waals surface area contributed by atoms with Crippen molar-refractivity contribution in [2.75, 3.05) is 12.4 Å². The van der Waals surface area contributed by atoms with Gasteiger partial charge in [0, 0.05) is 36.3 Å². The van der Waals surface area contributed by atoms with Crippen molar-refractivity contribution in [3.63, 3.8) is 0 Å². The SMILES string of the molecule is COc1ccc(C(=O)Nc2ccc(C(=O)c3nccn3C)cc2)cc1F. The molecule has 2 aromatic carbocycles. The van der Waals surface area contributed by atoms with Gasteiger partial charge in [-0.25, -0.2) is 9.37 Å². The van der Waals surface area contributed by atoms with Crippen molar-refractivity contribution in [2.24, 2.45) is 7.05 Å². The molecule has 0 aliphatic heterocycles. The number of aromatic nitrogens is 2. The molecule has 1 N–H and O–H groups in total. The largest absolute Gasteiger partial charge is 0.494 e. The number of carbonyl (C=O) groups excluding carboxylic acids is 2. The van der Waals surface area contributed by atoms with E-state index in [9.17, 15) is 14.0 Å². The van der Waals surface area contributed by atoms with E-state index < -0.39 is 11.7 Å². The monoisotopic (exact) mass is 353 g/mol. The molecule has 0 bridgehead atoms. The maximum atomic E-state index is 13.7. The average molecular weight is 353 g/mol. The molecule has 1 aromatic heterocycles. The summed E-state index contributed by atoms with van der Waals surface area (Å²) in [5, 5.41) is 2.66. The Kier molecular flexibility index (Phi) is 4.79. The van der Waals surface area contributed by atoms with E-state index >= 15 is 0 Å². The molecule has 3 aromatic rings. The van der Waals surface area contributed by atoms with Crippen LogP contribution in [0.15, 0.2) is 54.9 Å². The molecule has 0 radical (unpaired) electrons. The molecule has 6 nitrogen and oxygen atoms in total. The van der Waals surface area contributed by atoms with Crippen LogP contribution in [0.5, 0.6) is 5.75 Å². The average Bonchev–Trinajstić information content (AvgIpc) is 3.07. The summed E-state index contributed by atoms with van der Waals surface area (Å²) in [4.78, 5) is 28.6. The first-order chi connectivity index (χ1) is 12.5. The Labute approximate surface area is 149 Å². The smallest absolute Gasteiger partial charge is 0.255 e. The number of anilines is 1. The number of nitrogens with zero attached hydrogens (tertiary/aromatic N) is 2. The van der Waals surface area contributed by atoms with Crippen molar-refractivity contribution in [1.82, 2.24) is 9.55 Å². The molecule has 0 unspecified atom stereocenters. The molecule has 0 fully saturated rings. The number of rotatable bonds is 5. The molecule has 0 aliphatic carbocycles. The molecule has 0 spiro atoms. The summed E-state index contributed by atoms with van der Waals surface area (Å²) in [5.41, 5.74) is 1.10. The Morgan fingerprint density at radius 2 is 1.81 bits per heavy atom. The number of nitrogens with one attached hydrogen (secondary N) is 1. The Morgan fingerprint density at radius 3 is 2.38 bits per heavy atom. The van der Waals surface area contributed by atoms with E-state index in [1.807, 2.05) is 0 Å². The second-order valence-electron chi connectivity index (χ2n) is 5.57. The van der Waals surface area contributed by atoms with E-state index in [4.69, 9.17) is 4.74 Å². The van der Waals surface area contributed by atoms with Crippen molar-refractivity contribution < 1.29 is 18.7 Å². The highest BCUT2D eigenvalue weighted by molar-refractivity contribution is 6.07. The molecule has 3 rings (SSSR count).